The van der Waals surface area contributed by atoms with Gasteiger partial charge in [-0.05, 0) is 26.3 Å². The van der Waals surface area contributed by atoms with E-state index >= 15 is 0 Å². The van der Waals surface area contributed by atoms with Crippen molar-refractivity contribution in [2.24, 2.45) is 7.05 Å². The monoisotopic (exact) mass is 267 g/mol. The maximum atomic E-state index is 11.0. The predicted molar refractivity (Wildman–Crippen MR) is 68.9 cm³/mol. The highest BCUT2D eigenvalue weighted by molar-refractivity contribution is 6.13. The Labute approximate surface area is 110 Å². The minimum Gasteiger partial charge on any atom is -0.477 e. The minimum atomic E-state index is -1.45. The van der Waals surface area contributed by atoms with Crippen molar-refractivity contribution in [2.75, 3.05) is 5.32 Å². The summed E-state index contributed by atoms with van der Waals surface area (Å²) in [6.07, 6.45) is 3.30. The molecule has 0 aliphatic rings. The number of aromatic nitrogens is 2. The molecule has 0 radical (unpaired) electrons. The van der Waals surface area contributed by atoms with Crippen molar-refractivity contribution >= 4 is 17.6 Å². The van der Waals surface area contributed by atoms with Crippen molar-refractivity contribution in [2.45, 2.75) is 26.3 Å². The van der Waals surface area contributed by atoms with Gasteiger partial charge in [0.25, 0.3) is 0 Å². The van der Waals surface area contributed by atoms with Gasteiger partial charge in [-0.25, -0.2) is 9.59 Å². The molecule has 0 atom stereocenters. The second kappa shape index (κ2) is 5.13. The number of nitrogens with zero attached hydrogens (tertiary/aromatic N) is 2. The molecule has 0 aliphatic heterocycles. The highest BCUT2D eigenvalue weighted by Crippen LogP contribution is 2.24. The zero-order valence-corrected chi connectivity index (χ0v) is 11.3. The van der Waals surface area contributed by atoms with E-state index in [2.05, 4.69) is 10.4 Å². The van der Waals surface area contributed by atoms with E-state index in [1.54, 1.807) is 38.0 Å². The second-order valence-electron chi connectivity index (χ2n) is 4.76. The van der Waals surface area contributed by atoms with Gasteiger partial charge in [0.1, 0.15) is 5.57 Å². The number of hydrogen-bond acceptors (Lipinski definition) is 4. The van der Waals surface area contributed by atoms with E-state index in [1.165, 1.54) is 6.92 Å². The standard InChI is InChI=1S/C12H17N3O4/c1-7(9(10(16)17)11(18)19)12(2,3)14-8-5-13-15(4)6-8/h5-6,14H,1-4H3,(H,16,17)(H,18,19). The van der Waals surface area contributed by atoms with Crippen LogP contribution >= 0.6 is 0 Å². The van der Waals surface area contributed by atoms with E-state index in [0.29, 0.717) is 5.69 Å². The summed E-state index contributed by atoms with van der Waals surface area (Å²) < 4.78 is 1.59. The molecule has 0 amide bonds. The first kappa shape index (κ1) is 14.7. The van der Waals surface area contributed by atoms with Crippen LogP contribution in [0.2, 0.25) is 0 Å². The molecule has 1 rings (SSSR count). The third kappa shape index (κ3) is 3.34. The van der Waals surface area contributed by atoms with Gasteiger partial charge in [0, 0.05) is 13.2 Å². The summed E-state index contributed by atoms with van der Waals surface area (Å²) in [6.45, 7) is 4.91. The van der Waals surface area contributed by atoms with E-state index in [4.69, 9.17) is 10.2 Å². The molecular formula is C12H17N3O4. The molecule has 0 aromatic carbocycles. The first-order valence-corrected chi connectivity index (χ1v) is 5.60. The fourth-order valence-electron chi connectivity index (χ4n) is 1.67. The van der Waals surface area contributed by atoms with Crippen LogP contribution in [-0.2, 0) is 16.6 Å². The molecule has 7 nitrogen and oxygen atoms in total. The van der Waals surface area contributed by atoms with E-state index in [9.17, 15) is 9.59 Å². The molecule has 0 saturated heterocycles. The Morgan fingerprint density at radius 3 is 2.21 bits per heavy atom. The number of anilines is 1. The van der Waals surface area contributed by atoms with Gasteiger partial charge >= 0.3 is 11.9 Å². The third-order valence-corrected chi connectivity index (χ3v) is 2.90. The van der Waals surface area contributed by atoms with Crippen LogP contribution in [0.25, 0.3) is 0 Å². The fourth-order valence-corrected chi connectivity index (χ4v) is 1.67. The number of carboxylic acids is 2. The molecule has 1 aromatic heterocycles. The van der Waals surface area contributed by atoms with Gasteiger partial charge in [0.05, 0.1) is 17.4 Å². The molecule has 104 valence electrons. The molecule has 0 saturated carbocycles. The molecule has 0 fully saturated rings. The molecular weight excluding hydrogens is 250 g/mol. The van der Waals surface area contributed by atoms with Crippen molar-refractivity contribution < 1.29 is 19.8 Å². The number of carboxylic acid groups (broad SMARTS) is 2. The van der Waals surface area contributed by atoms with Crippen LogP contribution in [0.15, 0.2) is 23.5 Å². The lowest BCUT2D eigenvalue weighted by molar-refractivity contribution is -0.140. The molecule has 0 spiro atoms. The maximum Gasteiger partial charge on any atom is 0.343 e. The first-order chi connectivity index (χ1) is 8.65. The lowest BCUT2D eigenvalue weighted by atomic mass is 9.90. The smallest absolute Gasteiger partial charge is 0.343 e. The average Bonchev–Trinajstić information content (AvgIpc) is 2.61. The van der Waals surface area contributed by atoms with E-state index in [1.807, 2.05) is 0 Å². The lowest BCUT2D eigenvalue weighted by Gasteiger charge is -2.28. The predicted octanol–water partition coefficient (Wildman–Crippen LogP) is 1.10. The second-order valence-corrected chi connectivity index (χ2v) is 4.76. The van der Waals surface area contributed by atoms with Gasteiger partial charge in [-0.2, -0.15) is 5.10 Å². The molecule has 1 aromatic rings. The number of aliphatic carboxylic acids is 2. The van der Waals surface area contributed by atoms with Crippen molar-refractivity contribution in [1.29, 1.82) is 0 Å². The van der Waals surface area contributed by atoms with Crippen molar-refractivity contribution in [3.8, 4) is 0 Å². The van der Waals surface area contributed by atoms with Gasteiger partial charge in [0.2, 0.25) is 0 Å². The Morgan fingerprint density at radius 1 is 1.32 bits per heavy atom. The van der Waals surface area contributed by atoms with Crippen LogP contribution < -0.4 is 5.32 Å². The largest absolute Gasteiger partial charge is 0.477 e. The number of aryl methyl sites for hydroxylation is 1. The van der Waals surface area contributed by atoms with Crippen LogP contribution in [0.4, 0.5) is 5.69 Å². The Bertz CT molecular complexity index is 527. The van der Waals surface area contributed by atoms with Crippen LogP contribution in [0.5, 0.6) is 0 Å². The van der Waals surface area contributed by atoms with Crippen molar-refractivity contribution in [3.05, 3.63) is 23.5 Å². The number of carbonyl (C=O) groups is 2. The maximum absolute atomic E-state index is 11.0. The fraction of sp³-hybridized carbons (Fsp3) is 0.417. The minimum absolute atomic E-state index is 0.233. The highest BCUT2D eigenvalue weighted by atomic mass is 16.4. The van der Waals surface area contributed by atoms with E-state index in [-0.39, 0.29) is 5.57 Å². The first-order valence-electron chi connectivity index (χ1n) is 5.60. The van der Waals surface area contributed by atoms with Gasteiger partial charge in [-0.15, -0.1) is 0 Å². The van der Waals surface area contributed by atoms with E-state index < -0.39 is 23.1 Å². The number of rotatable bonds is 5. The summed E-state index contributed by atoms with van der Waals surface area (Å²) in [7, 11) is 1.75. The Morgan fingerprint density at radius 2 is 1.84 bits per heavy atom. The SMILES string of the molecule is CC(=C(C(=O)O)C(=O)O)C(C)(C)Nc1cnn(C)c1. The quantitative estimate of drug-likeness (QED) is 0.419. The summed E-state index contributed by atoms with van der Waals surface area (Å²) >= 11 is 0. The number of hydrogen-bond donors (Lipinski definition) is 3. The third-order valence-electron chi connectivity index (χ3n) is 2.90. The van der Waals surface area contributed by atoms with Crippen molar-refractivity contribution in [3.63, 3.8) is 0 Å². The van der Waals surface area contributed by atoms with Crippen LogP contribution in [0.3, 0.4) is 0 Å². The molecule has 3 N–H and O–H groups in total. The molecule has 0 bridgehead atoms. The molecule has 7 heteroatoms. The topological polar surface area (TPSA) is 104 Å². The average molecular weight is 267 g/mol. The molecule has 1 heterocycles. The lowest BCUT2D eigenvalue weighted by Crippen LogP contribution is -2.35. The Kier molecular flexibility index (Phi) is 3.98. The summed E-state index contributed by atoms with van der Waals surface area (Å²) in [4.78, 5) is 22.0. The summed E-state index contributed by atoms with van der Waals surface area (Å²) in [5.41, 5.74) is -0.533. The zero-order valence-electron chi connectivity index (χ0n) is 11.3. The van der Waals surface area contributed by atoms with Gasteiger partial charge < -0.3 is 15.5 Å². The van der Waals surface area contributed by atoms with Gasteiger partial charge in [-0.1, -0.05) is 0 Å². The molecule has 0 unspecified atom stereocenters. The molecule has 19 heavy (non-hydrogen) atoms. The molecule has 0 aliphatic carbocycles. The van der Waals surface area contributed by atoms with Crippen LogP contribution in [0.1, 0.15) is 20.8 Å². The Hall–Kier alpha value is -2.31. The van der Waals surface area contributed by atoms with Gasteiger partial charge in [0.15, 0.2) is 0 Å². The highest BCUT2D eigenvalue weighted by Gasteiger charge is 2.29. The van der Waals surface area contributed by atoms with Crippen molar-refractivity contribution in [1.82, 2.24) is 9.78 Å². The summed E-state index contributed by atoms with van der Waals surface area (Å²) in [6, 6.07) is 0. The summed E-state index contributed by atoms with van der Waals surface area (Å²) in [5.74, 6) is -2.91. The normalized spacial score (nSPS) is 10.9. The van der Waals surface area contributed by atoms with Crippen LogP contribution in [-0.4, -0.2) is 37.5 Å². The van der Waals surface area contributed by atoms with Gasteiger partial charge in [-0.3, -0.25) is 4.68 Å². The van der Waals surface area contributed by atoms with E-state index in [0.717, 1.165) is 0 Å². The summed E-state index contributed by atoms with van der Waals surface area (Å²) in [5, 5.41) is 25.0. The zero-order chi connectivity index (χ0) is 14.8. The van der Waals surface area contributed by atoms with Crippen LogP contribution in [0, 0.1) is 0 Å². The Balaban J connectivity index is 3.13. The number of nitrogens with one attached hydrogen (secondary N) is 1.